The van der Waals surface area contributed by atoms with Crippen molar-refractivity contribution in [1.29, 1.82) is 0 Å². The number of anilines is 2. The molecule has 0 spiro atoms. The fourth-order valence-electron chi connectivity index (χ4n) is 4.67. The first kappa shape index (κ1) is 23.5. The Balaban J connectivity index is 1.22. The Morgan fingerprint density at radius 3 is 2.40 bits per heavy atom. The zero-order valence-corrected chi connectivity index (χ0v) is 20.6. The van der Waals surface area contributed by atoms with Crippen molar-refractivity contribution in [3.8, 4) is 0 Å². The van der Waals surface area contributed by atoms with Gasteiger partial charge in [0.25, 0.3) is 5.91 Å². The molecule has 2 saturated heterocycles. The third-order valence-electron chi connectivity index (χ3n) is 6.35. The van der Waals surface area contributed by atoms with E-state index in [4.69, 9.17) is 0 Å². The Labute approximate surface area is 207 Å². The SMILES string of the molecule is O=C(NS(=O)(=O)CC1CC(=O)N(c2ccc(N3CCCCC3=O)cc2)C1)c1cc2ccccc2s1. The predicted molar refractivity (Wildman–Crippen MR) is 136 cm³/mol. The molecule has 3 aromatic rings. The van der Waals surface area contributed by atoms with Crippen LogP contribution in [0.15, 0.2) is 54.6 Å². The minimum Gasteiger partial charge on any atom is -0.312 e. The molecule has 8 nitrogen and oxygen atoms in total. The van der Waals surface area contributed by atoms with E-state index < -0.39 is 21.8 Å². The topological polar surface area (TPSA) is 104 Å². The molecule has 2 aromatic carbocycles. The molecule has 3 heterocycles. The molecule has 3 amide bonds. The maximum atomic E-state index is 12.7. The summed E-state index contributed by atoms with van der Waals surface area (Å²) in [7, 11) is -3.92. The van der Waals surface area contributed by atoms with Gasteiger partial charge in [-0.05, 0) is 54.6 Å². The van der Waals surface area contributed by atoms with Crippen molar-refractivity contribution < 1.29 is 22.8 Å². The van der Waals surface area contributed by atoms with Crippen LogP contribution in [0, 0.1) is 5.92 Å². The molecule has 1 N–H and O–H groups in total. The highest BCUT2D eigenvalue weighted by Crippen LogP contribution is 2.29. The van der Waals surface area contributed by atoms with Crippen molar-refractivity contribution in [3.05, 3.63) is 59.5 Å². The lowest BCUT2D eigenvalue weighted by atomic mass is 10.1. The number of hydrogen-bond acceptors (Lipinski definition) is 6. The number of rotatable bonds is 6. The fraction of sp³-hybridized carbons (Fsp3) is 0.320. The van der Waals surface area contributed by atoms with Gasteiger partial charge in [-0.3, -0.25) is 14.4 Å². The summed E-state index contributed by atoms with van der Waals surface area (Å²) in [6.45, 7) is 0.937. The number of fused-ring (bicyclic) bond motifs is 1. The van der Waals surface area contributed by atoms with Crippen LogP contribution in [-0.2, 0) is 19.6 Å². The van der Waals surface area contributed by atoms with Gasteiger partial charge in [-0.1, -0.05) is 18.2 Å². The number of piperidine rings is 1. The number of carbonyl (C=O) groups is 3. The Bertz CT molecular complexity index is 1360. The van der Waals surface area contributed by atoms with Crippen molar-refractivity contribution in [2.45, 2.75) is 25.7 Å². The Morgan fingerprint density at radius 1 is 0.971 bits per heavy atom. The van der Waals surface area contributed by atoms with Crippen LogP contribution in [0.3, 0.4) is 0 Å². The van der Waals surface area contributed by atoms with Gasteiger partial charge < -0.3 is 9.80 Å². The highest BCUT2D eigenvalue weighted by atomic mass is 32.2. The minimum absolute atomic E-state index is 0.0876. The van der Waals surface area contributed by atoms with E-state index in [9.17, 15) is 22.8 Å². The second-order valence-electron chi connectivity index (χ2n) is 8.95. The monoisotopic (exact) mass is 511 g/mol. The van der Waals surface area contributed by atoms with Crippen LogP contribution in [0.1, 0.15) is 35.4 Å². The number of nitrogens with zero attached hydrogens (tertiary/aromatic N) is 2. The molecule has 35 heavy (non-hydrogen) atoms. The van der Waals surface area contributed by atoms with E-state index in [1.165, 1.54) is 11.3 Å². The summed E-state index contributed by atoms with van der Waals surface area (Å²) in [6, 6.07) is 16.4. The quantitative estimate of drug-likeness (QED) is 0.545. The summed E-state index contributed by atoms with van der Waals surface area (Å²) >= 11 is 1.23. The van der Waals surface area contributed by atoms with Crippen LogP contribution in [-0.4, -0.2) is 45.0 Å². The van der Waals surface area contributed by atoms with E-state index in [0.29, 0.717) is 23.5 Å². The number of nitrogens with one attached hydrogen (secondary N) is 1. The first-order valence-corrected chi connectivity index (χ1v) is 14.0. The van der Waals surface area contributed by atoms with Gasteiger partial charge in [0.05, 0.1) is 10.6 Å². The highest BCUT2D eigenvalue weighted by Gasteiger charge is 2.34. The molecule has 2 aliphatic heterocycles. The molecule has 182 valence electrons. The van der Waals surface area contributed by atoms with Crippen molar-refractivity contribution in [3.63, 3.8) is 0 Å². The molecule has 1 aromatic heterocycles. The second-order valence-corrected chi connectivity index (χ2v) is 11.8. The average Bonchev–Trinajstić information content (AvgIpc) is 3.42. The summed E-state index contributed by atoms with van der Waals surface area (Å²) in [5.74, 6) is -1.47. The summed E-state index contributed by atoms with van der Waals surface area (Å²) in [6.07, 6.45) is 2.50. The zero-order chi connectivity index (χ0) is 24.6. The lowest BCUT2D eigenvalue weighted by Gasteiger charge is -2.27. The summed E-state index contributed by atoms with van der Waals surface area (Å²) in [5, 5.41) is 0.882. The fourth-order valence-corrected chi connectivity index (χ4v) is 7.01. The van der Waals surface area contributed by atoms with Gasteiger partial charge in [-0.25, -0.2) is 13.1 Å². The molecule has 1 atom stereocenters. The summed E-state index contributed by atoms with van der Waals surface area (Å²) in [5.41, 5.74) is 1.46. The molecular weight excluding hydrogens is 486 g/mol. The number of benzene rings is 2. The first-order chi connectivity index (χ1) is 16.8. The Hall–Kier alpha value is -3.24. The standard InChI is InChI=1S/C25H25N3O5S2/c29-23-7-3-4-12-27(23)19-8-10-20(11-9-19)28-15-17(13-24(28)30)16-35(32,33)26-25(31)22-14-18-5-1-2-6-21(18)34-22/h1-2,5-6,8-11,14,17H,3-4,7,12-13,15-16H2,(H,26,31). The molecule has 0 saturated carbocycles. The van der Waals surface area contributed by atoms with E-state index in [2.05, 4.69) is 4.72 Å². The minimum atomic E-state index is -3.92. The molecule has 2 aliphatic rings. The number of carbonyl (C=O) groups excluding carboxylic acids is 3. The van der Waals surface area contributed by atoms with Crippen LogP contribution >= 0.6 is 11.3 Å². The summed E-state index contributed by atoms with van der Waals surface area (Å²) in [4.78, 5) is 41.0. The number of amides is 3. The van der Waals surface area contributed by atoms with Crippen molar-refractivity contribution in [1.82, 2.24) is 4.72 Å². The first-order valence-electron chi connectivity index (χ1n) is 11.5. The van der Waals surface area contributed by atoms with Crippen molar-refractivity contribution in [2.24, 2.45) is 5.92 Å². The van der Waals surface area contributed by atoms with Crippen LogP contribution in [0.2, 0.25) is 0 Å². The molecular formula is C25H25N3O5S2. The van der Waals surface area contributed by atoms with Crippen molar-refractivity contribution >= 4 is 60.5 Å². The number of thiophene rings is 1. The Kier molecular flexibility index (Phi) is 6.33. The van der Waals surface area contributed by atoms with Gasteiger partial charge in [-0.2, -0.15) is 0 Å². The molecule has 0 bridgehead atoms. The summed E-state index contributed by atoms with van der Waals surface area (Å²) < 4.78 is 28.4. The van der Waals surface area contributed by atoms with Gasteiger partial charge in [0.1, 0.15) is 0 Å². The van der Waals surface area contributed by atoms with Gasteiger partial charge >= 0.3 is 0 Å². The largest absolute Gasteiger partial charge is 0.312 e. The van der Waals surface area contributed by atoms with Gasteiger partial charge in [0.2, 0.25) is 21.8 Å². The van der Waals surface area contributed by atoms with Gasteiger partial charge in [0, 0.05) is 47.9 Å². The molecule has 10 heteroatoms. The molecule has 2 fully saturated rings. The number of sulfonamides is 1. The maximum Gasteiger partial charge on any atom is 0.274 e. The molecule has 0 radical (unpaired) electrons. The lowest BCUT2D eigenvalue weighted by Crippen LogP contribution is -2.35. The molecule has 1 unspecified atom stereocenters. The highest BCUT2D eigenvalue weighted by molar-refractivity contribution is 7.90. The van der Waals surface area contributed by atoms with Crippen LogP contribution in [0.4, 0.5) is 11.4 Å². The van der Waals surface area contributed by atoms with E-state index in [1.807, 2.05) is 36.4 Å². The van der Waals surface area contributed by atoms with Crippen LogP contribution in [0.25, 0.3) is 10.1 Å². The maximum absolute atomic E-state index is 12.7. The number of hydrogen-bond donors (Lipinski definition) is 1. The lowest BCUT2D eigenvalue weighted by molar-refractivity contribution is -0.119. The van der Waals surface area contributed by atoms with Gasteiger partial charge in [-0.15, -0.1) is 11.3 Å². The van der Waals surface area contributed by atoms with Gasteiger partial charge in [0.15, 0.2) is 0 Å². The van der Waals surface area contributed by atoms with E-state index >= 15 is 0 Å². The molecule has 5 rings (SSSR count). The molecule has 0 aliphatic carbocycles. The van der Waals surface area contributed by atoms with E-state index in [1.54, 1.807) is 28.0 Å². The third-order valence-corrected chi connectivity index (χ3v) is 8.88. The van der Waals surface area contributed by atoms with Crippen LogP contribution in [0.5, 0.6) is 0 Å². The normalized spacial score (nSPS) is 18.9. The predicted octanol–water partition coefficient (Wildman–Crippen LogP) is 3.53. The van der Waals surface area contributed by atoms with E-state index in [-0.39, 0.29) is 30.5 Å². The Morgan fingerprint density at radius 2 is 1.69 bits per heavy atom. The van der Waals surface area contributed by atoms with E-state index in [0.717, 1.165) is 28.6 Å². The smallest absolute Gasteiger partial charge is 0.274 e. The van der Waals surface area contributed by atoms with Crippen LogP contribution < -0.4 is 14.5 Å². The third kappa shape index (κ3) is 5.08. The van der Waals surface area contributed by atoms with Crippen molar-refractivity contribution in [2.75, 3.05) is 28.6 Å². The second kappa shape index (κ2) is 9.43. The average molecular weight is 512 g/mol. The zero-order valence-electron chi connectivity index (χ0n) is 19.0.